The van der Waals surface area contributed by atoms with Crippen molar-refractivity contribution in [3.05, 3.63) is 47.5 Å². The van der Waals surface area contributed by atoms with E-state index in [4.69, 9.17) is 5.73 Å². The number of rotatable bonds is 3. The Morgan fingerprint density at radius 3 is 2.81 bits per heavy atom. The van der Waals surface area contributed by atoms with Gasteiger partial charge in [0, 0.05) is 22.2 Å². The van der Waals surface area contributed by atoms with E-state index in [0.717, 1.165) is 34.1 Å². The first-order valence-corrected chi connectivity index (χ1v) is 7.53. The minimum atomic E-state index is 0.436. The Hall–Kier alpha value is -2.40. The third-order valence-corrected chi connectivity index (χ3v) is 3.87. The highest BCUT2D eigenvalue weighted by atomic mass is 32.1. The molecule has 21 heavy (non-hydrogen) atoms. The lowest BCUT2D eigenvalue weighted by molar-refractivity contribution is 0.701. The van der Waals surface area contributed by atoms with Gasteiger partial charge in [0.2, 0.25) is 0 Å². The number of imidazole rings is 1. The summed E-state index contributed by atoms with van der Waals surface area (Å²) in [4.78, 5) is 7.88. The number of aromatic nitrogens is 2. The van der Waals surface area contributed by atoms with E-state index in [9.17, 15) is 4.21 Å². The molecule has 0 spiro atoms. The van der Waals surface area contributed by atoms with Crippen molar-refractivity contribution in [2.24, 2.45) is 0 Å². The fourth-order valence-corrected chi connectivity index (χ4v) is 2.87. The van der Waals surface area contributed by atoms with Crippen LogP contribution in [0.2, 0.25) is 0 Å². The van der Waals surface area contributed by atoms with E-state index in [1.807, 2.05) is 36.4 Å². The van der Waals surface area contributed by atoms with Crippen LogP contribution in [0.15, 0.2) is 36.4 Å². The summed E-state index contributed by atoms with van der Waals surface area (Å²) in [6, 6.07) is 11.6. The number of hydrogen-bond donors (Lipinski definition) is 2. The number of nitrogens with one attached hydrogen (secondary N) is 1. The Morgan fingerprint density at radius 1 is 1.29 bits per heavy atom. The molecule has 0 aliphatic rings. The number of fused-ring (bicyclic) bond motifs is 1. The number of nitrogens with zero attached hydrogens (tertiary/aromatic N) is 1. The van der Waals surface area contributed by atoms with Crippen LogP contribution in [0, 0.1) is 0 Å². The van der Waals surface area contributed by atoms with E-state index < -0.39 is 0 Å². The van der Waals surface area contributed by atoms with Gasteiger partial charge in [-0.1, -0.05) is 25.1 Å². The van der Waals surface area contributed by atoms with Crippen LogP contribution in [-0.2, 0) is 17.7 Å². The van der Waals surface area contributed by atoms with Crippen LogP contribution < -0.4 is 5.73 Å². The zero-order valence-corrected chi connectivity index (χ0v) is 12.4. The molecule has 4 nitrogen and oxygen atoms in total. The molecule has 0 bridgehead atoms. The summed E-state index contributed by atoms with van der Waals surface area (Å²) in [6.07, 6.45) is 0.833. The number of benzene rings is 2. The summed E-state index contributed by atoms with van der Waals surface area (Å²) < 4.78 is 11.0. The molecule has 0 atom stereocenters. The summed E-state index contributed by atoms with van der Waals surface area (Å²) in [5, 5.41) is 1.59. The fraction of sp³-hybridized carbons (Fsp3) is 0.125. The molecule has 0 unspecified atom stereocenters. The molecule has 0 saturated carbocycles. The van der Waals surface area contributed by atoms with Crippen LogP contribution in [-0.4, -0.2) is 19.5 Å². The van der Waals surface area contributed by atoms with Crippen LogP contribution in [0.4, 0.5) is 5.69 Å². The number of aromatic amines is 1. The lowest BCUT2D eigenvalue weighted by atomic mass is 9.98. The maximum Gasteiger partial charge on any atom is 0.141 e. The summed E-state index contributed by atoms with van der Waals surface area (Å²) >= 11 is 0.436. The maximum atomic E-state index is 11.0. The monoisotopic (exact) mass is 297 g/mol. The van der Waals surface area contributed by atoms with Gasteiger partial charge in [-0.3, -0.25) is 0 Å². The van der Waals surface area contributed by atoms with Gasteiger partial charge in [0.15, 0.2) is 0 Å². The highest BCUT2D eigenvalue weighted by Crippen LogP contribution is 2.30. The Morgan fingerprint density at radius 2 is 2.10 bits per heavy atom. The maximum absolute atomic E-state index is 11.0. The second-order valence-corrected chi connectivity index (χ2v) is 5.20. The van der Waals surface area contributed by atoms with E-state index >= 15 is 0 Å². The molecule has 0 amide bonds. The SMILES string of the molecule is CCc1ccc(N)c(-c2nc3ccccc3[nH]2)c1C=S=O. The second kappa shape index (κ2) is 5.54. The van der Waals surface area contributed by atoms with Gasteiger partial charge in [0.05, 0.1) is 22.3 Å². The van der Waals surface area contributed by atoms with Crippen molar-refractivity contribution in [2.45, 2.75) is 13.3 Å². The average Bonchev–Trinajstić information content (AvgIpc) is 2.91. The summed E-state index contributed by atoms with van der Waals surface area (Å²) in [7, 11) is 0. The predicted molar refractivity (Wildman–Crippen MR) is 88.6 cm³/mol. The molecule has 0 radical (unpaired) electrons. The zero-order chi connectivity index (χ0) is 14.8. The molecular formula is C16H15N3OS. The highest BCUT2D eigenvalue weighted by Gasteiger charge is 2.15. The first-order valence-electron chi connectivity index (χ1n) is 6.73. The third kappa shape index (κ3) is 2.36. The highest BCUT2D eigenvalue weighted by molar-refractivity contribution is 7.65. The molecule has 0 fully saturated rings. The number of nitrogen functional groups attached to an aromatic ring is 1. The molecule has 5 heteroatoms. The molecule has 3 N–H and O–H groups in total. The summed E-state index contributed by atoms with van der Waals surface area (Å²) in [5.74, 6) is 0.698. The van der Waals surface area contributed by atoms with Gasteiger partial charge in [-0.2, -0.15) is 0 Å². The number of nitrogens with two attached hydrogens (primary N) is 1. The van der Waals surface area contributed by atoms with Crippen molar-refractivity contribution in [2.75, 3.05) is 5.73 Å². The average molecular weight is 297 g/mol. The van der Waals surface area contributed by atoms with Crippen LogP contribution in [0.1, 0.15) is 18.1 Å². The second-order valence-electron chi connectivity index (χ2n) is 4.77. The van der Waals surface area contributed by atoms with Crippen molar-refractivity contribution in [1.29, 1.82) is 0 Å². The molecule has 106 valence electrons. The van der Waals surface area contributed by atoms with E-state index in [1.54, 1.807) is 5.37 Å². The van der Waals surface area contributed by atoms with E-state index in [2.05, 4.69) is 16.9 Å². The van der Waals surface area contributed by atoms with Gasteiger partial charge < -0.3 is 10.7 Å². The van der Waals surface area contributed by atoms with Crippen molar-refractivity contribution in [1.82, 2.24) is 9.97 Å². The van der Waals surface area contributed by atoms with Gasteiger partial charge in [0.1, 0.15) is 5.82 Å². The number of H-pyrrole nitrogens is 1. The minimum absolute atomic E-state index is 0.436. The Kier molecular flexibility index (Phi) is 3.58. The molecule has 0 aliphatic carbocycles. The van der Waals surface area contributed by atoms with Crippen LogP contribution >= 0.6 is 0 Å². The van der Waals surface area contributed by atoms with E-state index in [1.165, 1.54) is 0 Å². The summed E-state index contributed by atoms with van der Waals surface area (Å²) in [6.45, 7) is 2.06. The lowest BCUT2D eigenvalue weighted by Gasteiger charge is -2.11. The van der Waals surface area contributed by atoms with Gasteiger partial charge in [-0.15, -0.1) is 0 Å². The van der Waals surface area contributed by atoms with Gasteiger partial charge in [0.25, 0.3) is 0 Å². The van der Waals surface area contributed by atoms with E-state index in [0.29, 0.717) is 22.8 Å². The molecule has 3 aromatic rings. The fourth-order valence-electron chi connectivity index (χ4n) is 2.51. The van der Waals surface area contributed by atoms with Crippen molar-refractivity contribution in [3.63, 3.8) is 0 Å². The van der Waals surface area contributed by atoms with Gasteiger partial charge in [-0.05, 0) is 30.2 Å². The van der Waals surface area contributed by atoms with Crippen LogP contribution in [0.25, 0.3) is 22.4 Å². The third-order valence-electron chi connectivity index (χ3n) is 3.54. The molecule has 2 aromatic carbocycles. The summed E-state index contributed by atoms with van der Waals surface area (Å²) in [5.41, 5.74) is 11.3. The number of anilines is 1. The normalized spacial score (nSPS) is 10.7. The Labute approximate surface area is 126 Å². The van der Waals surface area contributed by atoms with Gasteiger partial charge >= 0.3 is 0 Å². The number of hydrogen-bond acceptors (Lipinski definition) is 3. The van der Waals surface area contributed by atoms with Gasteiger partial charge in [-0.25, -0.2) is 9.19 Å². The van der Waals surface area contributed by atoms with Crippen molar-refractivity contribution < 1.29 is 4.21 Å². The molecule has 1 heterocycles. The molecule has 0 saturated heterocycles. The zero-order valence-electron chi connectivity index (χ0n) is 11.6. The number of para-hydroxylation sites is 2. The molecule has 0 aliphatic heterocycles. The van der Waals surface area contributed by atoms with Crippen molar-refractivity contribution >= 4 is 33.3 Å². The standard InChI is InChI=1S/C16H15N3OS/c1-2-10-7-8-12(17)15(11(10)9-21-20)16-18-13-5-3-4-6-14(13)19-16/h3-9H,2,17H2,1H3,(H,18,19). The minimum Gasteiger partial charge on any atom is -0.398 e. The molecule has 1 aromatic heterocycles. The first-order chi connectivity index (χ1) is 10.2. The predicted octanol–water partition coefficient (Wildman–Crippen LogP) is 2.74. The lowest BCUT2D eigenvalue weighted by Crippen LogP contribution is -2.01. The Bertz CT molecular complexity index is 830. The first kappa shape index (κ1) is 13.6. The molecule has 3 rings (SSSR count). The van der Waals surface area contributed by atoms with Crippen LogP contribution in [0.3, 0.4) is 0 Å². The number of aryl methyl sites for hydroxylation is 1. The van der Waals surface area contributed by atoms with Crippen molar-refractivity contribution in [3.8, 4) is 11.4 Å². The largest absolute Gasteiger partial charge is 0.398 e. The molecular weight excluding hydrogens is 282 g/mol. The topological polar surface area (TPSA) is 71.8 Å². The Balaban J connectivity index is 2.32. The van der Waals surface area contributed by atoms with Crippen LogP contribution in [0.5, 0.6) is 0 Å². The quantitative estimate of drug-likeness (QED) is 0.577. The van der Waals surface area contributed by atoms with E-state index in [-0.39, 0.29) is 0 Å². The smallest absolute Gasteiger partial charge is 0.141 e.